The van der Waals surface area contributed by atoms with Crippen molar-refractivity contribution in [3.05, 3.63) is 29.3 Å². The van der Waals surface area contributed by atoms with Gasteiger partial charge in [0.1, 0.15) is 0 Å². The van der Waals surface area contributed by atoms with Gasteiger partial charge in [-0.15, -0.1) is 0 Å². The van der Waals surface area contributed by atoms with E-state index in [0.29, 0.717) is 30.9 Å². The molecule has 0 spiro atoms. The summed E-state index contributed by atoms with van der Waals surface area (Å²) in [6, 6.07) is 5.60. The number of rotatable bonds is 4. The van der Waals surface area contributed by atoms with E-state index in [1.165, 1.54) is 0 Å². The number of amides is 1. The van der Waals surface area contributed by atoms with Gasteiger partial charge in [-0.25, -0.2) is 0 Å². The molecular weight excluding hydrogens is 256 g/mol. The number of nitrogens with two attached hydrogens (primary N) is 1. The Kier molecular flexibility index (Phi) is 4.94. The zero-order valence-electron chi connectivity index (χ0n) is 11.8. The van der Waals surface area contributed by atoms with Crippen LogP contribution in [0.4, 0.5) is 5.69 Å². The minimum absolute atomic E-state index is 0.00491. The van der Waals surface area contributed by atoms with Crippen molar-refractivity contribution < 1.29 is 9.90 Å². The third-order valence-corrected chi connectivity index (χ3v) is 3.64. The molecule has 20 heavy (non-hydrogen) atoms. The lowest BCUT2D eigenvalue weighted by Crippen LogP contribution is -2.49. The number of benzene rings is 1. The van der Waals surface area contributed by atoms with Crippen molar-refractivity contribution in [3.8, 4) is 0 Å². The summed E-state index contributed by atoms with van der Waals surface area (Å²) >= 11 is 0. The van der Waals surface area contributed by atoms with Crippen molar-refractivity contribution in [2.75, 3.05) is 44.8 Å². The fourth-order valence-corrected chi connectivity index (χ4v) is 2.45. The van der Waals surface area contributed by atoms with E-state index in [4.69, 9.17) is 10.9 Å². The number of nitrogens with one attached hydrogen (secondary N) is 1. The lowest BCUT2D eigenvalue weighted by molar-refractivity contribution is 0.0616. The number of anilines is 1. The van der Waals surface area contributed by atoms with Crippen LogP contribution in [-0.2, 0) is 0 Å². The Balaban J connectivity index is 2.07. The molecule has 1 aromatic carbocycles. The number of aliphatic hydroxyl groups excluding tert-OH is 1. The highest BCUT2D eigenvalue weighted by Crippen LogP contribution is 2.19. The highest BCUT2D eigenvalue weighted by molar-refractivity contribution is 5.99. The van der Waals surface area contributed by atoms with Gasteiger partial charge in [0.15, 0.2) is 0 Å². The summed E-state index contributed by atoms with van der Waals surface area (Å²) in [5.41, 5.74) is 4.88. The van der Waals surface area contributed by atoms with Gasteiger partial charge in [0.2, 0.25) is 0 Å². The largest absolute Gasteiger partial charge is 0.395 e. The molecule has 0 saturated carbocycles. The Labute approximate surface area is 119 Å². The summed E-state index contributed by atoms with van der Waals surface area (Å²) in [6.45, 7) is 5.73. The fraction of sp³-hybridized carbons (Fsp3) is 0.500. The summed E-state index contributed by atoms with van der Waals surface area (Å²) in [5.74, 6) is 5.48. The van der Waals surface area contributed by atoms with Gasteiger partial charge in [-0.2, -0.15) is 0 Å². The molecule has 0 bridgehead atoms. The van der Waals surface area contributed by atoms with E-state index in [1.807, 2.05) is 30.0 Å². The van der Waals surface area contributed by atoms with E-state index in [-0.39, 0.29) is 12.5 Å². The lowest BCUT2D eigenvalue weighted by atomic mass is 10.1. The van der Waals surface area contributed by atoms with Crippen molar-refractivity contribution in [1.82, 2.24) is 9.80 Å². The summed E-state index contributed by atoms with van der Waals surface area (Å²) in [4.78, 5) is 16.6. The number of hydrogen-bond acceptors (Lipinski definition) is 5. The van der Waals surface area contributed by atoms with Crippen LogP contribution in [0.3, 0.4) is 0 Å². The number of hydrogen-bond donors (Lipinski definition) is 3. The number of piperazine rings is 1. The first-order valence-corrected chi connectivity index (χ1v) is 6.85. The number of nitrogens with zero attached hydrogens (tertiary/aromatic N) is 2. The molecule has 6 heteroatoms. The smallest absolute Gasteiger partial charge is 0.256 e. The zero-order chi connectivity index (χ0) is 14.5. The Bertz CT molecular complexity index is 470. The number of nitrogen functional groups attached to an aromatic ring is 1. The van der Waals surface area contributed by atoms with Crippen molar-refractivity contribution in [2.24, 2.45) is 5.84 Å². The van der Waals surface area contributed by atoms with Crippen LogP contribution in [0.15, 0.2) is 18.2 Å². The Morgan fingerprint density at radius 3 is 2.65 bits per heavy atom. The maximum atomic E-state index is 12.6. The standard InChI is InChI=1S/C14H22N4O2/c1-11-2-3-13(16-15)12(10-11)14(20)18-6-4-17(5-7-18)8-9-19/h2-3,10,16,19H,4-9,15H2,1H3. The quantitative estimate of drug-likeness (QED) is 0.535. The Morgan fingerprint density at radius 1 is 1.35 bits per heavy atom. The summed E-state index contributed by atoms with van der Waals surface area (Å²) in [5, 5.41) is 8.93. The molecule has 1 fully saturated rings. The van der Waals surface area contributed by atoms with Crippen LogP contribution in [0, 0.1) is 6.92 Å². The molecule has 0 aliphatic carbocycles. The fourth-order valence-electron chi connectivity index (χ4n) is 2.45. The molecule has 2 rings (SSSR count). The molecule has 4 N–H and O–H groups in total. The van der Waals surface area contributed by atoms with E-state index in [1.54, 1.807) is 0 Å². The molecule has 1 aliphatic rings. The second kappa shape index (κ2) is 6.69. The lowest BCUT2D eigenvalue weighted by Gasteiger charge is -2.34. The van der Waals surface area contributed by atoms with Crippen LogP contribution in [0.5, 0.6) is 0 Å². The third-order valence-electron chi connectivity index (χ3n) is 3.64. The van der Waals surface area contributed by atoms with Crippen molar-refractivity contribution in [3.63, 3.8) is 0 Å². The van der Waals surface area contributed by atoms with E-state index >= 15 is 0 Å². The SMILES string of the molecule is Cc1ccc(NN)c(C(=O)N2CCN(CCO)CC2)c1. The van der Waals surface area contributed by atoms with Crippen molar-refractivity contribution in [2.45, 2.75) is 6.92 Å². The first-order valence-electron chi connectivity index (χ1n) is 6.85. The molecule has 1 heterocycles. The third kappa shape index (κ3) is 3.27. The van der Waals surface area contributed by atoms with Gasteiger partial charge in [0, 0.05) is 32.7 Å². The molecule has 1 saturated heterocycles. The van der Waals surface area contributed by atoms with Crippen LogP contribution in [0.2, 0.25) is 0 Å². The second-order valence-corrected chi connectivity index (χ2v) is 5.05. The maximum absolute atomic E-state index is 12.6. The molecule has 1 aromatic rings. The van der Waals surface area contributed by atoms with E-state index in [9.17, 15) is 4.79 Å². The van der Waals surface area contributed by atoms with Crippen LogP contribution in [-0.4, -0.2) is 60.1 Å². The van der Waals surface area contributed by atoms with Gasteiger partial charge >= 0.3 is 0 Å². The molecule has 1 amide bonds. The molecule has 1 aliphatic heterocycles. The van der Waals surface area contributed by atoms with E-state index in [2.05, 4.69) is 10.3 Å². The first-order chi connectivity index (χ1) is 9.65. The topological polar surface area (TPSA) is 81.8 Å². The predicted octanol–water partition coefficient (Wildman–Crippen LogP) is 0.0307. The van der Waals surface area contributed by atoms with E-state index < -0.39 is 0 Å². The molecular formula is C14H22N4O2. The average Bonchev–Trinajstić information content (AvgIpc) is 2.47. The summed E-state index contributed by atoms with van der Waals surface area (Å²) in [6.07, 6.45) is 0. The molecule has 0 unspecified atom stereocenters. The molecule has 0 radical (unpaired) electrons. The minimum Gasteiger partial charge on any atom is -0.395 e. The van der Waals surface area contributed by atoms with Gasteiger partial charge in [0.05, 0.1) is 17.9 Å². The number of β-amino-alcohol motifs (C(OH)–C–C–N with tert-alkyl or cyclic N) is 1. The maximum Gasteiger partial charge on any atom is 0.256 e. The van der Waals surface area contributed by atoms with Gasteiger partial charge in [-0.05, 0) is 19.1 Å². The van der Waals surface area contributed by atoms with Gasteiger partial charge in [-0.1, -0.05) is 11.6 Å². The number of aryl methyl sites for hydroxylation is 1. The zero-order valence-corrected chi connectivity index (χ0v) is 11.8. The predicted molar refractivity (Wildman–Crippen MR) is 78.4 cm³/mol. The summed E-state index contributed by atoms with van der Waals surface area (Å²) < 4.78 is 0. The van der Waals surface area contributed by atoms with Gasteiger partial charge < -0.3 is 15.4 Å². The molecule has 0 atom stereocenters. The number of hydrazine groups is 1. The number of carbonyl (C=O) groups is 1. The monoisotopic (exact) mass is 278 g/mol. The van der Waals surface area contributed by atoms with Crippen molar-refractivity contribution in [1.29, 1.82) is 0 Å². The normalized spacial score (nSPS) is 16.2. The van der Waals surface area contributed by atoms with Crippen LogP contribution in [0.1, 0.15) is 15.9 Å². The van der Waals surface area contributed by atoms with Gasteiger partial charge in [-0.3, -0.25) is 15.5 Å². The highest BCUT2D eigenvalue weighted by atomic mass is 16.3. The Hall–Kier alpha value is -1.63. The highest BCUT2D eigenvalue weighted by Gasteiger charge is 2.23. The number of aliphatic hydroxyl groups is 1. The number of carbonyl (C=O) groups excluding carboxylic acids is 1. The molecule has 6 nitrogen and oxygen atoms in total. The van der Waals surface area contributed by atoms with Crippen LogP contribution < -0.4 is 11.3 Å². The minimum atomic E-state index is 0.00491. The van der Waals surface area contributed by atoms with Crippen LogP contribution >= 0.6 is 0 Å². The van der Waals surface area contributed by atoms with Crippen LogP contribution in [0.25, 0.3) is 0 Å². The average molecular weight is 278 g/mol. The Morgan fingerprint density at radius 2 is 2.05 bits per heavy atom. The summed E-state index contributed by atoms with van der Waals surface area (Å²) in [7, 11) is 0. The van der Waals surface area contributed by atoms with Crippen molar-refractivity contribution >= 4 is 11.6 Å². The second-order valence-electron chi connectivity index (χ2n) is 5.05. The molecule has 0 aromatic heterocycles. The van der Waals surface area contributed by atoms with Gasteiger partial charge in [0.25, 0.3) is 5.91 Å². The molecule has 110 valence electrons. The van der Waals surface area contributed by atoms with E-state index in [0.717, 1.165) is 18.7 Å². The first kappa shape index (κ1) is 14.8.